The maximum atomic E-state index is 13.5. The quantitative estimate of drug-likeness (QED) is 0.408. The van der Waals surface area contributed by atoms with Crippen LogP contribution in [0.4, 0.5) is 0 Å². The molecule has 0 unspecified atom stereocenters. The molecular weight excluding hydrogens is 432 g/mol. The monoisotopic (exact) mass is 464 g/mol. The maximum Gasteiger partial charge on any atom is 0.310 e. The van der Waals surface area contributed by atoms with Crippen LogP contribution < -0.4 is 0 Å². The standard InChI is InChI=1S/C28H32O4S/c1-20(2)17-21-11-13-22(14-12-21)18-28(29)32-26-9-5-6-10-27(26)33(30,31)25-16-15-23-7-3-4-8-24(23)19-25/h3-4,7-8,11-16,19-20,26-27H,5-6,9-10,17-18H2,1-2H3/t26-,27-/m0/s1. The van der Waals surface area contributed by atoms with Crippen LogP contribution in [0.1, 0.15) is 50.7 Å². The Morgan fingerprint density at radius 3 is 2.30 bits per heavy atom. The molecule has 1 aliphatic rings. The number of fused-ring (bicyclic) bond motifs is 1. The van der Waals surface area contributed by atoms with Crippen LogP contribution in [0.15, 0.2) is 71.6 Å². The van der Waals surface area contributed by atoms with Gasteiger partial charge in [0.15, 0.2) is 9.84 Å². The van der Waals surface area contributed by atoms with Gasteiger partial charge in [-0.3, -0.25) is 4.79 Å². The first-order valence-corrected chi connectivity index (χ1v) is 13.4. The molecule has 3 aromatic carbocycles. The molecule has 3 aromatic rings. The highest BCUT2D eigenvalue weighted by Gasteiger charge is 2.39. The van der Waals surface area contributed by atoms with E-state index in [2.05, 4.69) is 26.0 Å². The van der Waals surface area contributed by atoms with Crippen LogP contribution in [-0.4, -0.2) is 25.7 Å². The lowest BCUT2D eigenvalue weighted by Crippen LogP contribution is -2.40. The van der Waals surface area contributed by atoms with Crippen molar-refractivity contribution in [2.24, 2.45) is 5.92 Å². The highest BCUT2D eigenvalue weighted by molar-refractivity contribution is 7.92. The van der Waals surface area contributed by atoms with Crippen LogP contribution in [0.5, 0.6) is 0 Å². The predicted octanol–water partition coefficient (Wildman–Crippen LogP) is 5.91. The third-order valence-corrected chi connectivity index (χ3v) is 8.64. The second kappa shape index (κ2) is 10.1. The Morgan fingerprint density at radius 1 is 0.909 bits per heavy atom. The molecule has 1 fully saturated rings. The van der Waals surface area contributed by atoms with Crippen molar-refractivity contribution >= 4 is 26.6 Å². The van der Waals surface area contributed by atoms with Gasteiger partial charge >= 0.3 is 5.97 Å². The summed E-state index contributed by atoms with van der Waals surface area (Å²) >= 11 is 0. The summed E-state index contributed by atoms with van der Waals surface area (Å²) in [6, 6.07) is 21.0. The summed E-state index contributed by atoms with van der Waals surface area (Å²) in [6.07, 6.45) is 3.33. The molecule has 2 atom stereocenters. The van der Waals surface area contributed by atoms with Crippen LogP contribution in [0.25, 0.3) is 10.8 Å². The smallest absolute Gasteiger partial charge is 0.310 e. The zero-order chi connectivity index (χ0) is 23.4. The van der Waals surface area contributed by atoms with Crippen molar-refractivity contribution in [3.63, 3.8) is 0 Å². The van der Waals surface area contributed by atoms with Crippen molar-refractivity contribution in [3.05, 3.63) is 77.9 Å². The zero-order valence-electron chi connectivity index (χ0n) is 19.4. The van der Waals surface area contributed by atoms with Crippen LogP contribution in [0.3, 0.4) is 0 Å². The van der Waals surface area contributed by atoms with Gasteiger partial charge in [0.2, 0.25) is 0 Å². The van der Waals surface area contributed by atoms with Gasteiger partial charge in [-0.15, -0.1) is 0 Å². The van der Waals surface area contributed by atoms with Gasteiger partial charge in [-0.05, 0) is 65.6 Å². The van der Waals surface area contributed by atoms with E-state index < -0.39 is 21.2 Å². The molecule has 0 aromatic heterocycles. The molecule has 1 aliphatic carbocycles. The van der Waals surface area contributed by atoms with Crippen LogP contribution in [0.2, 0.25) is 0 Å². The summed E-state index contributed by atoms with van der Waals surface area (Å²) < 4.78 is 32.8. The summed E-state index contributed by atoms with van der Waals surface area (Å²) in [7, 11) is -3.62. The molecule has 0 amide bonds. The molecule has 174 valence electrons. The summed E-state index contributed by atoms with van der Waals surface area (Å²) in [5.74, 6) is 0.214. The van der Waals surface area contributed by atoms with Gasteiger partial charge in [-0.25, -0.2) is 8.42 Å². The van der Waals surface area contributed by atoms with Crippen molar-refractivity contribution < 1.29 is 17.9 Å². The first-order chi connectivity index (χ1) is 15.8. The Labute approximate surface area is 196 Å². The number of hydrogen-bond acceptors (Lipinski definition) is 4. The van der Waals surface area contributed by atoms with E-state index in [-0.39, 0.29) is 12.4 Å². The van der Waals surface area contributed by atoms with E-state index in [0.717, 1.165) is 35.6 Å². The highest BCUT2D eigenvalue weighted by atomic mass is 32.2. The number of carbonyl (C=O) groups excluding carboxylic acids is 1. The molecular formula is C28H32O4S. The molecule has 4 rings (SSSR count). The molecule has 1 saturated carbocycles. The third-order valence-electron chi connectivity index (χ3n) is 6.39. The van der Waals surface area contributed by atoms with Crippen molar-refractivity contribution in [1.82, 2.24) is 0 Å². The molecule has 0 radical (unpaired) electrons. The Bertz CT molecular complexity index is 1210. The Balaban J connectivity index is 1.47. The third kappa shape index (κ3) is 5.64. The number of hydrogen-bond donors (Lipinski definition) is 0. The number of sulfone groups is 1. The summed E-state index contributed by atoms with van der Waals surface area (Å²) in [5, 5.41) is 1.19. The number of ether oxygens (including phenoxy) is 1. The molecule has 4 nitrogen and oxygen atoms in total. The summed E-state index contributed by atoms with van der Waals surface area (Å²) in [5.41, 5.74) is 2.13. The minimum atomic E-state index is -3.62. The number of esters is 1. The summed E-state index contributed by atoms with van der Waals surface area (Å²) in [6.45, 7) is 4.36. The molecule has 5 heteroatoms. The van der Waals surface area contributed by atoms with Crippen LogP contribution in [0, 0.1) is 5.92 Å². The normalized spacial score (nSPS) is 19.0. The maximum absolute atomic E-state index is 13.5. The fourth-order valence-electron chi connectivity index (χ4n) is 4.71. The Hall–Kier alpha value is -2.66. The van der Waals surface area contributed by atoms with E-state index in [1.54, 1.807) is 12.1 Å². The van der Waals surface area contributed by atoms with Gasteiger partial charge in [-0.1, -0.05) is 74.9 Å². The van der Waals surface area contributed by atoms with Crippen molar-refractivity contribution in [2.45, 2.75) is 68.6 Å². The SMILES string of the molecule is CC(C)Cc1ccc(CC(=O)O[C@H]2CCCC[C@@H]2S(=O)(=O)c2ccc3ccccc3c2)cc1. The molecule has 0 N–H and O–H groups in total. The fourth-order valence-corrected chi connectivity index (χ4v) is 6.68. The van der Waals surface area contributed by atoms with Gasteiger partial charge in [0.25, 0.3) is 0 Å². The summed E-state index contributed by atoms with van der Waals surface area (Å²) in [4.78, 5) is 13.0. The van der Waals surface area contributed by atoms with Crippen molar-refractivity contribution in [3.8, 4) is 0 Å². The van der Waals surface area contributed by atoms with E-state index in [1.807, 2.05) is 42.5 Å². The Kier molecular flexibility index (Phi) is 7.18. The van der Waals surface area contributed by atoms with Crippen molar-refractivity contribution in [1.29, 1.82) is 0 Å². The first kappa shape index (κ1) is 23.5. The lowest BCUT2D eigenvalue weighted by atomic mass is 9.97. The van der Waals surface area contributed by atoms with Gasteiger partial charge in [-0.2, -0.15) is 0 Å². The average molecular weight is 465 g/mol. The number of rotatable bonds is 7. The molecule has 0 aliphatic heterocycles. The molecule has 0 bridgehead atoms. The van der Waals surface area contributed by atoms with E-state index in [9.17, 15) is 13.2 Å². The van der Waals surface area contributed by atoms with E-state index in [4.69, 9.17) is 4.74 Å². The minimum absolute atomic E-state index is 0.154. The second-order valence-corrected chi connectivity index (χ2v) is 11.7. The Morgan fingerprint density at radius 2 is 1.58 bits per heavy atom. The second-order valence-electron chi connectivity index (χ2n) is 9.50. The highest BCUT2D eigenvalue weighted by Crippen LogP contribution is 2.32. The predicted molar refractivity (Wildman–Crippen MR) is 132 cm³/mol. The van der Waals surface area contributed by atoms with Crippen molar-refractivity contribution in [2.75, 3.05) is 0 Å². The molecule has 0 heterocycles. The molecule has 0 spiro atoms. The topological polar surface area (TPSA) is 60.4 Å². The van der Waals surface area contributed by atoms with Crippen LogP contribution >= 0.6 is 0 Å². The molecule has 0 saturated heterocycles. The first-order valence-electron chi connectivity index (χ1n) is 11.8. The number of benzene rings is 3. The van der Waals surface area contributed by atoms with Gasteiger partial charge in [0.1, 0.15) is 11.4 Å². The zero-order valence-corrected chi connectivity index (χ0v) is 20.2. The average Bonchev–Trinajstić information content (AvgIpc) is 2.80. The lowest BCUT2D eigenvalue weighted by molar-refractivity contribution is -0.149. The van der Waals surface area contributed by atoms with Gasteiger partial charge in [0.05, 0.1) is 11.3 Å². The van der Waals surface area contributed by atoms with Crippen LogP contribution in [-0.2, 0) is 32.2 Å². The minimum Gasteiger partial charge on any atom is -0.461 e. The number of carbonyl (C=O) groups is 1. The van der Waals surface area contributed by atoms with E-state index in [0.29, 0.717) is 23.7 Å². The van der Waals surface area contributed by atoms with Gasteiger partial charge in [0, 0.05) is 0 Å². The molecule has 33 heavy (non-hydrogen) atoms. The lowest BCUT2D eigenvalue weighted by Gasteiger charge is -2.31. The van der Waals surface area contributed by atoms with E-state index >= 15 is 0 Å². The van der Waals surface area contributed by atoms with Gasteiger partial charge < -0.3 is 4.74 Å². The van der Waals surface area contributed by atoms with E-state index in [1.165, 1.54) is 5.56 Å². The fraction of sp³-hybridized carbons (Fsp3) is 0.393. The largest absolute Gasteiger partial charge is 0.461 e.